The molecular weight excluding hydrogens is 340 g/mol. The van der Waals surface area contributed by atoms with Gasteiger partial charge >= 0.3 is 6.03 Å². The summed E-state index contributed by atoms with van der Waals surface area (Å²) in [5.41, 5.74) is 7.28. The Labute approximate surface area is 162 Å². The maximum absolute atomic E-state index is 12.8. The van der Waals surface area contributed by atoms with Crippen LogP contribution in [0.5, 0.6) is 0 Å². The van der Waals surface area contributed by atoms with E-state index in [0.29, 0.717) is 32.2 Å². The van der Waals surface area contributed by atoms with Crippen molar-refractivity contribution in [1.29, 1.82) is 0 Å². The first-order chi connectivity index (χ1) is 13.1. The van der Waals surface area contributed by atoms with Crippen LogP contribution in [0.3, 0.4) is 0 Å². The third kappa shape index (κ3) is 5.01. The molecule has 3 amide bonds. The second-order valence-corrected chi connectivity index (χ2v) is 7.82. The molecule has 2 unspecified atom stereocenters. The fourth-order valence-electron chi connectivity index (χ4n) is 4.05. The highest BCUT2D eigenvalue weighted by Gasteiger charge is 2.30. The van der Waals surface area contributed by atoms with Crippen LogP contribution in [0.1, 0.15) is 50.6 Å². The number of nitrogens with zero attached hydrogens (tertiary/aromatic N) is 2. The molecule has 0 spiro atoms. The van der Waals surface area contributed by atoms with E-state index in [1.165, 1.54) is 19.3 Å². The number of hydrogen-bond acceptors (Lipinski definition) is 3. The molecule has 148 valence electrons. The largest absolute Gasteiger partial charge is 0.339 e. The molecule has 6 nitrogen and oxygen atoms in total. The number of nitrogens with one attached hydrogen (secondary N) is 1. The van der Waals surface area contributed by atoms with Gasteiger partial charge in [-0.05, 0) is 18.4 Å². The minimum Gasteiger partial charge on any atom is -0.339 e. The van der Waals surface area contributed by atoms with Crippen molar-refractivity contribution in [1.82, 2.24) is 15.1 Å². The van der Waals surface area contributed by atoms with Crippen LogP contribution in [0.15, 0.2) is 30.3 Å². The molecule has 1 aliphatic carbocycles. The molecule has 1 saturated heterocycles. The van der Waals surface area contributed by atoms with Crippen molar-refractivity contribution < 1.29 is 9.59 Å². The first-order valence-electron chi connectivity index (χ1n) is 10.2. The van der Waals surface area contributed by atoms with Crippen molar-refractivity contribution in [3.8, 4) is 0 Å². The quantitative estimate of drug-likeness (QED) is 0.852. The summed E-state index contributed by atoms with van der Waals surface area (Å²) in [5.74, 6) is -0.214. The predicted octanol–water partition coefficient (Wildman–Crippen LogP) is 2.51. The molecule has 27 heavy (non-hydrogen) atoms. The first-order valence-corrected chi connectivity index (χ1v) is 10.2. The molecule has 1 heterocycles. The average Bonchev–Trinajstić information content (AvgIpc) is 2.73. The maximum Gasteiger partial charge on any atom is 0.317 e. The molecule has 2 fully saturated rings. The minimum atomic E-state index is -0.314. The fraction of sp³-hybridized carbons (Fsp3) is 0.619. The van der Waals surface area contributed by atoms with Gasteiger partial charge in [0.1, 0.15) is 0 Å². The van der Waals surface area contributed by atoms with E-state index in [-0.39, 0.29) is 23.9 Å². The third-order valence-electron chi connectivity index (χ3n) is 5.92. The van der Waals surface area contributed by atoms with Crippen LogP contribution < -0.4 is 11.1 Å². The summed E-state index contributed by atoms with van der Waals surface area (Å²) >= 11 is 0. The second kappa shape index (κ2) is 9.22. The van der Waals surface area contributed by atoms with Crippen molar-refractivity contribution in [2.75, 3.05) is 26.2 Å². The Morgan fingerprint density at radius 2 is 1.59 bits per heavy atom. The zero-order chi connectivity index (χ0) is 19.2. The molecule has 2 aliphatic rings. The lowest BCUT2D eigenvalue weighted by molar-refractivity contribution is -0.137. The molecule has 1 aromatic rings. The molecule has 6 heteroatoms. The van der Waals surface area contributed by atoms with E-state index < -0.39 is 0 Å². The molecule has 1 aromatic carbocycles. The van der Waals surface area contributed by atoms with Gasteiger partial charge < -0.3 is 20.9 Å². The molecule has 3 N–H and O–H groups in total. The van der Waals surface area contributed by atoms with Crippen molar-refractivity contribution in [2.24, 2.45) is 11.7 Å². The zero-order valence-corrected chi connectivity index (χ0v) is 16.3. The van der Waals surface area contributed by atoms with Gasteiger partial charge in [-0.1, -0.05) is 56.5 Å². The van der Waals surface area contributed by atoms with Crippen LogP contribution in [-0.2, 0) is 4.79 Å². The number of carbonyl (C=O) groups is 2. The molecule has 3 rings (SSSR count). The van der Waals surface area contributed by atoms with Gasteiger partial charge in [0.15, 0.2) is 0 Å². The molecule has 1 aliphatic heterocycles. The number of rotatable bonds is 4. The Kier molecular flexibility index (Phi) is 6.72. The summed E-state index contributed by atoms with van der Waals surface area (Å²) in [6.07, 6.45) is 5.84. The Morgan fingerprint density at radius 1 is 1.00 bits per heavy atom. The summed E-state index contributed by atoms with van der Waals surface area (Å²) < 4.78 is 0. The monoisotopic (exact) mass is 372 g/mol. The topological polar surface area (TPSA) is 78.7 Å². The highest BCUT2D eigenvalue weighted by molar-refractivity contribution is 5.80. The summed E-state index contributed by atoms with van der Waals surface area (Å²) in [7, 11) is 0. The van der Waals surface area contributed by atoms with E-state index in [2.05, 4.69) is 5.32 Å². The van der Waals surface area contributed by atoms with Crippen LogP contribution in [0.4, 0.5) is 4.79 Å². The summed E-state index contributed by atoms with van der Waals surface area (Å²) in [6.45, 7) is 4.20. The second-order valence-electron chi connectivity index (χ2n) is 7.82. The van der Waals surface area contributed by atoms with Gasteiger partial charge in [0.2, 0.25) is 5.91 Å². The Morgan fingerprint density at radius 3 is 2.22 bits per heavy atom. The van der Waals surface area contributed by atoms with E-state index in [9.17, 15) is 9.59 Å². The number of piperazine rings is 1. The highest BCUT2D eigenvalue weighted by atomic mass is 16.2. The first kappa shape index (κ1) is 19.7. The van der Waals surface area contributed by atoms with E-state index >= 15 is 0 Å². The minimum absolute atomic E-state index is 0.0167. The molecule has 0 bridgehead atoms. The zero-order valence-electron chi connectivity index (χ0n) is 16.3. The number of hydrogen-bond donors (Lipinski definition) is 2. The smallest absolute Gasteiger partial charge is 0.317 e. The van der Waals surface area contributed by atoms with Gasteiger partial charge in [0.05, 0.1) is 5.92 Å². The van der Waals surface area contributed by atoms with E-state index in [1.54, 1.807) is 0 Å². The molecular formula is C21H32N4O2. The molecule has 0 aromatic heterocycles. The van der Waals surface area contributed by atoms with Crippen molar-refractivity contribution in [3.63, 3.8) is 0 Å². The van der Waals surface area contributed by atoms with E-state index in [0.717, 1.165) is 18.4 Å². The Balaban J connectivity index is 1.47. The number of carbonyl (C=O) groups excluding carboxylic acids is 2. The summed E-state index contributed by atoms with van der Waals surface area (Å²) in [6, 6.07) is 9.76. The van der Waals surface area contributed by atoms with Gasteiger partial charge in [-0.3, -0.25) is 4.79 Å². The number of nitrogens with two attached hydrogens (primary N) is 1. The average molecular weight is 373 g/mol. The molecule has 0 radical (unpaired) electrons. The highest BCUT2D eigenvalue weighted by Crippen LogP contribution is 2.22. The lowest BCUT2D eigenvalue weighted by atomic mass is 9.94. The summed E-state index contributed by atoms with van der Waals surface area (Å²) in [5, 5.41) is 3.16. The van der Waals surface area contributed by atoms with Crippen LogP contribution >= 0.6 is 0 Å². The molecule has 1 saturated carbocycles. The van der Waals surface area contributed by atoms with Crippen molar-refractivity contribution in [3.05, 3.63) is 35.9 Å². The molecule has 2 atom stereocenters. The van der Waals surface area contributed by atoms with Gasteiger partial charge in [-0.25, -0.2) is 4.79 Å². The summed E-state index contributed by atoms with van der Waals surface area (Å²) in [4.78, 5) is 29.0. The van der Waals surface area contributed by atoms with Crippen molar-refractivity contribution >= 4 is 11.9 Å². The van der Waals surface area contributed by atoms with E-state index in [4.69, 9.17) is 5.73 Å². The lowest BCUT2D eigenvalue weighted by Gasteiger charge is -2.37. The predicted molar refractivity (Wildman–Crippen MR) is 106 cm³/mol. The number of urea groups is 1. The van der Waals surface area contributed by atoms with Gasteiger partial charge in [-0.2, -0.15) is 0 Å². The standard InChI is InChI=1S/C21H32N4O2/c1-16(19(22)17-8-4-2-5-9-17)20(26)24-12-14-25(15-13-24)21(27)23-18-10-6-3-7-11-18/h2,4-5,8-9,16,18-19H,3,6-7,10-15,22H2,1H3,(H,23,27). The fourth-order valence-corrected chi connectivity index (χ4v) is 4.05. The maximum atomic E-state index is 12.8. The van der Waals surface area contributed by atoms with Gasteiger partial charge in [0, 0.05) is 38.3 Å². The SMILES string of the molecule is CC(C(=O)N1CCN(C(=O)NC2CCCCC2)CC1)C(N)c1ccccc1. The van der Waals surface area contributed by atoms with Crippen LogP contribution in [0, 0.1) is 5.92 Å². The van der Waals surface area contributed by atoms with Crippen LogP contribution in [0.25, 0.3) is 0 Å². The lowest BCUT2D eigenvalue weighted by Crippen LogP contribution is -2.55. The van der Waals surface area contributed by atoms with Crippen LogP contribution in [0.2, 0.25) is 0 Å². The van der Waals surface area contributed by atoms with E-state index in [1.807, 2.05) is 47.1 Å². The van der Waals surface area contributed by atoms with Gasteiger partial charge in [0.25, 0.3) is 0 Å². The van der Waals surface area contributed by atoms with Crippen LogP contribution in [-0.4, -0.2) is 54.0 Å². The number of benzene rings is 1. The van der Waals surface area contributed by atoms with Crippen molar-refractivity contribution in [2.45, 2.75) is 51.1 Å². The third-order valence-corrected chi connectivity index (χ3v) is 5.92. The van der Waals surface area contributed by atoms with Gasteiger partial charge in [-0.15, -0.1) is 0 Å². The Bertz CT molecular complexity index is 622. The Hall–Kier alpha value is -2.08. The number of amides is 3. The normalized spacial score (nSPS) is 20.8.